The van der Waals surface area contributed by atoms with Gasteiger partial charge in [-0.25, -0.2) is 4.68 Å². The summed E-state index contributed by atoms with van der Waals surface area (Å²) in [4.78, 5) is 29.0. The minimum Gasteiger partial charge on any atom is -0.353 e. The van der Waals surface area contributed by atoms with Crippen LogP contribution < -0.4 is 10.9 Å². The lowest BCUT2D eigenvalue weighted by Crippen LogP contribution is -2.41. The van der Waals surface area contributed by atoms with Gasteiger partial charge < -0.3 is 10.2 Å². The molecule has 1 aliphatic carbocycles. The van der Waals surface area contributed by atoms with Crippen molar-refractivity contribution in [2.75, 3.05) is 20.1 Å². The van der Waals surface area contributed by atoms with Gasteiger partial charge in [-0.3, -0.25) is 14.0 Å². The molecule has 7 nitrogen and oxygen atoms in total. The van der Waals surface area contributed by atoms with Gasteiger partial charge in [-0.15, -0.1) is 11.3 Å². The molecule has 3 aromatic rings. The first-order valence-electron chi connectivity index (χ1n) is 11.0. The predicted molar refractivity (Wildman–Crippen MR) is 121 cm³/mol. The van der Waals surface area contributed by atoms with E-state index in [-0.39, 0.29) is 18.0 Å². The number of amides is 1. The Kier molecular flexibility index (Phi) is 6.24. The summed E-state index contributed by atoms with van der Waals surface area (Å²) in [6, 6.07) is 4.64. The van der Waals surface area contributed by atoms with Crippen molar-refractivity contribution < 1.29 is 4.79 Å². The van der Waals surface area contributed by atoms with E-state index in [1.54, 1.807) is 11.3 Å². The Morgan fingerprint density at radius 3 is 2.77 bits per heavy atom. The third-order valence-electron chi connectivity index (χ3n) is 6.16. The largest absolute Gasteiger partial charge is 0.353 e. The second kappa shape index (κ2) is 8.89. The molecule has 4 rings (SSSR count). The lowest BCUT2D eigenvalue weighted by molar-refractivity contribution is -0.122. The molecular formula is C22H31N5O2S. The van der Waals surface area contributed by atoms with E-state index in [9.17, 15) is 9.59 Å². The van der Waals surface area contributed by atoms with Crippen LogP contribution in [0.2, 0.25) is 0 Å². The van der Waals surface area contributed by atoms with E-state index in [0.717, 1.165) is 22.6 Å². The van der Waals surface area contributed by atoms with E-state index in [1.165, 1.54) is 41.7 Å². The highest BCUT2D eigenvalue weighted by molar-refractivity contribution is 7.19. The minimum atomic E-state index is -0.220. The lowest BCUT2D eigenvalue weighted by atomic mass is 9.94. The molecule has 162 valence electrons. The number of likely N-dealkylation sites (N-methyl/N-ethyl adjacent to an activating group) is 1. The number of hydrogen-bond acceptors (Lipinski definition) is 5. The number of carbonyl (C=O) groups excluding carboxylic acids is 1. The molecule has 0 radical (unpaired) electrons. The number of hydrogen-bond donors (Lipinski definition) is 1. The van der Waals surface area contributed by atoms with Gasteiger partial charge >= 0.3 is 0 Å². The number of rotatable bonds is 7. The van der Waals surface area contributed by atoms with Crippen LogP contribution in [0.4, 0.5) is 0 Å². The molecule has 1 fully saturated rings. The Bertz CT molecular complexity index is 1110. The zero-order chi connectivity index (χ0) is 21.3. The van der Waals surface area contributed by atoms with Gasteiger partial charge in [-0.05, 0) is 38.9 Å². The molecule has 0 atom stereocenters. The van der Waals surface area contributed by atoms with Crippen molar-refractivity contribution in [1.29, 1.82) is 0 Å². The van der Waals surface area contributed by atoms with Crippen molar-refractivity contribution in [3.05, 3.63) is 33.2 Å². The monoisotopic (exact) mass is 429 g/mol. The first-order valence-corrected chi connectivity index (χ1v) is 11.8. The van der Waals surface area contributed by atoms with E-state index in [1.807, 2.05) is 17.4 Å². The molecule has 0 spiro atoms. The van der Waals surface area contributed by atoms with E-state index >= 15 is 0 Å². The molecule has 1 amide bonds. The smallest absolute Gasteiger partial charge is 0.291 e. The van der Waals surface area contributed by atoms with Crippen molar-refractivity contribution in [3.8, 4) is 0 Å². The van der Waals surface area contributed by atoms with Crippen LogP contribution in [0.15, 0.2) is 16.9 Å². The van der Waals surface area contributed by atoms with Crippen LogP contribution >= 0.6 is 11.3 Å². The Morgan fingerprint density at radius 1 is 1.27 bits per heavy atom. The third-order valence-corrected chi connectivity index (χ3v) is 7.14. The molecule has 0 saturated heterocycles. The van der Waals surface area contributed by atoms with Crippen LogP contribution in [0.1, 0.15) is 49.7 Å². The van der Waals surface area contributed by atoms with E-state index in [0.29, 0.717) is 24.5 Å². The molecule has 0 aromatic carbocycles. The summed E-state index contributed by atoms with van der Waals surface area (Å²) < 4.78 is 4.33. The second-order valence-electron chi connectivity index (χ2n) is 8.33. The van der Waals surface area contributed by atoms with E-state index < -0.39 is 0 Å². The summed E-state index contributed by atoms with van der Waals surface area (Å²) in [5, 5.41) is 7.47. The maximum absolute atomic E-state index is 13.0. The van der Waals surface area contributed by atoms with Crippen molar-refractivity contribution in [2.24, 2.45) is 0 Å². The second-order valence-corrected chi connectivity index (χ2v) is 9.61. The maximum Gasteiger partial charge on any atom is 0.291 e. The molecule has 1 aliphatic rings. The van der Waals surface area contributed by atoms with Gasteiger partial charge in [-0.1, -0.05) is 26.2 Å². The highest BCUT2D eigenvalue weighted by Crippen LogP contribution is 2.28. The van der Waals surface area contributed by atoms with Crippen LogP contribution in [0, 0.1) is 6.92 Å². The maximum atomic E-state index is 13.0. The fourth-order valence-corrected chi connectivity index (χ4v) is 5.46. The fourth-order valence-electron chi connectivity index (χ4n) is 4.52. The molecule has 8 heteroatoms. The molecular weight excluding hydrogens is 398 g/mol. The average molecular weight is 430 g/mol. The molecule has 3 heterocycles. The highest BCUT2D eigenvalue weighted by atomic mass is 32.1. The summed E-state index contributed by atoms with van der Waals surface area (Å²) in [5.74, 6) is 0.625. The zero-order valence-corrected chi connectivity index (χ0v) is 18.9. The standard InChI is InChI=1S/C22H31N5O2S/c1-4-20-24-26(22(29)18-13-19-17(27(18)20)12-15(2)30-19)14-21(28)23-10-11-25(3)16-8-6-5-7-9-16/h12-13,16H,4-11,14H2,1-3H3,(H,23,28). The SMILES string of the molecule is CCc1nn(CC(=O)NCCN(C)C2CCCCC2)c(=O)c2cc3sc(C)cc3n12. The number of carbonyl (C=O) groups is 1. The van der Waals surface area contributed by atoms with Crippen LogP contribution in [0.3, 0.4) is 0 Å². The molecule has 30 heavy (non-hydrogen) atoms. The minimum absolute atomic E-state index is 0.0483. The number of aromatic nitrogens is 3. The van der Waals surface area contributed by atoms with E-state index in [4.69, 9.17) is 0 Å². The van der Waals surface area contributed by atoms with Gasteiger partial charge in [0.15, 0.2) is 0 Å². The predicted octanol–water partition coefficient (Wildman–Crippen LogP) is 2.96. The van der Waals surface area contributed by atoms with Crippen molar-refractivity contribution in [1.82, 2.24) is 24.4 Å². The van der Waals surface area contributed by atoms with Crippen molar-refractivity contribution in [3.63, 3.8) is 0 Å². The van der Waals surface area contributed by atoms with Crippen molar-refractivity contribution in [2.45, 2.75) is 65.0 Å². The first-order chi connectivity index (χ1) is 14.5. The van der Waals surface area contributed by atoms with Crippen LogP contribution in [-0.4, -0.2) is 51.2 Å². The molecule has 1 N–H and O–H groups in total. The topological polar surface area (TPSA) is 71.6 Å². The van der Waals surface area contributed by atoms with Gasteiger partial charge in [-0.2, -0.15) is 5.10 Å². The Hall–Kier alpha value is -2.19. The lowest BCUT2D eigenvalue weighted by Gasteiger charge is -2.31. The fraction of sp³-hybridized carbons (Fsp3) is 0.591. The quantitative estimate of drug-likeness (QED) is 0.627. The number of fused-ring (bicyclic) bond motifs is 3. The normalized spacial score (nSPS) is 15.5. The Labute approximate surface area is 180 Å². The number of thiophene rings is 1. The zero-order valence-electron chi connectivity index (χ0n) is 18.1. The van der Waals surface area contributed by atoms with Crippen molar-refractivity contribution >= 4 is 33.0 Å². The molecule has 0 unspecified atom stereocenters. The third kappa shape index (κ3) is 4.16. The molecule has 3 aromatic heterocycles. The average Bonchev–Trinajstić information content (AvgIpc) is 3.27. The first kappa shape index (κ1) is 21.1. The van der Waals surface area contributed by atoms with Crippen LogP contribution in [0.25, 0.3) is 15.7 Å². The summed E-state index contributed by atoms with van der Waals surface area (Å²) in [6.45, 7) is 5.44. The van der Waals surface area contributed by atoms with Gasteiger partial charge in [0, 0.05) is 30.4 Å². The molecule has 1 saturated carbocycles. The summed E-state index contributed by atoms with van der Waals surface area (Å²) in [5.41, 5.74) is 1.40. The van der Waals surface area contributed by atoms with Gasteiger partial charge in [0.1, 0.15) is 17.9 Å². The number of nitrogens with zero attached hydrogens (tertiary/aromatic N) is 4. The van der Waals surface area contributed by atoms with Gasteiger partial charge in [0.05, 0.1) is 10.2 Å². The van der Waals surface area contributed by atoms with Crippen LogP contribution in [0.5, 0.6) is 0 Å². The Morgan fingerprint density at radius 2 is 2.03 bits per heavy atom. The summed E-state index contributed by atoms with van der Waals surface area (Å²) in [7, 11) is 2.13. The molecule has 0 bridgehead atoms. The van der Waals surface area contributed by atoms with Gasteiger partial charge in [0.2, 0.25) is 5.91 Å². The summed E-state index contributed by atoms with van der Waals surface area (Å²) in [6.07, 6.45) is 7.12. The molecule has 0 aliphatic heterocycles. The van der Waals surface area contributed by atoms with Gasteiger partial charge in [0.25, 0.3) is 5.56 Å². The number of nitrogens with one attached hydrogen (secondary N) is 1. The van der Waals surface area contributed by atoms with E-state index in [2.05, 4.69) is 35.4 Å². The summed E-state index contributed by atoms with van der Waals surface area (Å²) >= 11 is 1.67. The number of aryl methyl sites for hydroxylation is 2. The highest BCUT2D eigenvalue weighted by Gasteiger charge is 2.19. The Balaban J connectivity index is 1.44. The van der Waals surface area contributed by atoms with Crippen LogP contribution in [-0.2, 0) is 17.8 Å².